The monoisotopic (exact) mass is 410 g/mol. The van der Waals surface area contributed by atoms with Crippen LogP contribution < -0.4 is 10.9 Å². The van der Waals surface area contributed by atoms with Crippen LogP contribution in [0.3, 0.4) is 0 Å². The Kier molecular flexibility index (Phi) is 6.95. The molecule has 0 spiro atoms. The normalized spacial score (nSPS) is 11.4. The van der Waals surface area contributed by atoms with Gasteiger partial charge < -0.3 is 8.98 Å². The van der Waals surface area contributed by atoms with E-state index < -0.39 is 5.91 Å². The van der Waals surface area contributed by atoms with Gasteiger partial charge in [0.2, 0.25) is 0 Å². The second-order valence-corrected chi connectivity index (χ2v) is 7.74. The average Bonchev–Trinajstić information content (AvgIpc) is 3.35. The number of aromatic nitrogens is 1. The van der Waals surface area contributed by atoms with E-state index in [0.717, 1.165) is 30.5 Å². The number of para-hydroxylation sites is 1. The molecule has 3 aromatic rings. The van der Waals surface area contributed by atoms with Crippen molar-refractivity contribution < 1.29 is 14.0 Å². The molecule has 0 fully saturated rings. The summed E-state index contributed by atoms with van der Waals surface area (Å²) in [7, 11) is 0. The summed E-state index contributed by atoms with van der Waals surface area (Å²) in [5.41, 5.74) is 6.47. The molecule has 7 nitrogen and oxygen atoms in total. The Bertz CT molecular complexity index is 1010. The molecule has 30 heavy (non-hydrogen) atoms. The molecule has 0 aliphatic carbocycles. The van der Waals surface area contributed by atoms with E-state index in [4.69, 9.17) is 4.42 Å². The van der Waals surface area contributed by atoms with Crippen molar-refractivity contribution in [2.75, 3.05) is 13.1 Å². The highest BCUT2D eigenvalue weighted by Gasteiger charge is 2.18. The molecule has 0 bridgehead atoms. The summed E-state index contributed by atoms with van der Waals surface area (Å²) in [4.78, 5) is 27.3. The fourth-order valence-corrected chi connectivity index (χ4v) is 3.47. The number of hydrogen-bond donors (Lipinski definition) is 2. The van der Waals surface area contributed by atoms with Crippen molar-refractivity contribution in [2.24, 2.45) is 5.92 Å². The molecule has 0 atom stereocenters. The van der Waals surface area contributed by atoms with Gasteiger partial charge in [0.25, 0.3) is 5.91 Å². The zero-order chi connectivity index (χ0) is 21.7. The van der Waals surface area contributed by atoms with E-state index in [-0.39, 0.29) is 11.7 Å². The smallest absolute Gasteiger partial charge is 0.305 e. The first-order valence-electron chi connectivity index (χ1n) is 10.4. The standard InChI is InChI=1S/C23H30N4O3/c1-5-26(6-2)14-17-11-12-21(30-17)23(29)25-24-22(28)19-15-27(13-16(3)4)20-10-8-7-9-18(19)20/h7-12,15-16H,5-6,13-14H2,1-4H3,(H,24,28)(H,25,29). The summed E-state index contributed by atoms with van der Waals surface area (Å²) in [6.45, 7) is 11.7. The predicted molar refractivity (Wildman–Crippen MR) is 117 cm³/mol. The number of rotatable bonds is 8. The summed E-state index contributed by atoms with van der Waals surface area (Å²) in [6, 6.07) is 11.2. The third-order valence-electron chi connectivity index (χ3n) is 5.04. The summed E-state index contributed by atoms with van der Waals surface area (Å²) < 4.78 is 7.70. The van der Waals surface area contributed by atoms with E-state index >= 15 is 0 Å². The number of nitrogens with zero attached hydrogens (tertiary/aromatic N) is 2. The van der Waals surface area contributed by atoms with Crippen LogP contribution in [-0.2, 0) is 13.1 Å². The molecule has 0 unspecified atom stereocenters. The van der Waals surface area contributed by atoms with Gasteiger partial charge in [-0.3, -0.25) is 25.3 Å². The zero-order valence-electron chi connectivity index (χ0n) is 18.1. The first-order chi connectivity index (χ1) is 14.4. The lowest BCUT2D eigenvalue weighted by Gasteiger charge is -2.15. The second-order valence-electron chi connectivity index (χ2n) is 7.74. The predicted octanol–water partition coefficient (Wildman–Crippen LogP) is 3.81. The van der Waals surface area contributed by atoms with E-state index in [1.165, 1.54) is 0 Å². The van der Waals surface area contributed by atoms with E-state index in [2.05, 4.69) is 48.0 Å². The largest absolute Gasteiger partial charge is 0.454 e. The molecular weight excluding hydrogens is 380 g/mol. The van der Waals surface area contributed by atoms with E-state index in [0.29, 0.717) is 23.8 Å². The van der Waals surface area contributed by atoms with Crippen molar-refractivity contribution in [3.8, 4) is 0 Å². The number of nitrogens with one attached hydrogen (secondary N) is 2. The van der Waals surface area contributed by atoms with Gasteiger partial charge in [-0.1, -0.05) is 45.9 Å². The third-order valence-corrected chi connectivity index (χ3v) is 5.04. The van der Waals surface area contributed by atoms with Crippen molar-refractivity contribution in [3.05, 3.63) is 59.7 Å². The molecule has 2 heterocycles. The number of carbonyl (C=O) groups is 2. The Morgan fingerprint density at radius 2 is 1.73 bits per heavy atom. The average molecular weight is 411 g/mol. The number of hydrazine groups is 1. The fourth-order valence-electron chi connectivity index (χ4n) is 3.47. The van der Waals surface area contributed by atoms with Gasteiger partial charge in [-0.2, -0.15) is 0 Å². The van der Waals surface area contributed by atoms with Crippen LogP contribution in [0.2, 0.25) is 0 Å². The molecule has 0 saturated heterocycles. The van der Waals surface area contributed by atoms with Gasteiger partial charge in [0.05, 0.1) is 12.1 Å². The maximum absolute atomic E-state index is 12.7. The molecule has 7 heteroatoms. The van der Waals surface area contributed by atoms with Crippen molar-refractivity contribution >= 4 is 22.7 Å². The number of furan rings is 1. The van der Waals surface area contributed by atoms with Gasteiger partial charge in [0.15, 0.2) is 5.76 Å². The van der Waals surface area contributed by atoms with Crippen molar-refractivity contribution in [1.29, 1.82) is 0 Å². The number of carbonyl (C=O) groups excluding carboxylic acids is 2. The lowest BCUT2D eigenvalue weighted by atomic mass is 10.1. The van der Waals surface area contributed by atoms with Crippen LogP contribution in [-0.4, -0.2) is 34.4 Å². The Labute approximate surface area is 177 Å². The molecule has 0 aliphatic heterocycles. The minimum atomic E-state index is -0.486. The maximum Gasteiger partial charge on any atom is 0.305 e. The van der Waals surface area contributed by atoms with Gasteiger partial charge in [-0.05, 0) is 37.2 Å². The molecule has 0 saturated carbocycles. The summed E-state index contributed by atoms with van der Waals surface area (Å²) >= 11 is 0. The summed E-state index contributed by atoms with van der Waals surface area (Å²) in [5.74, 6) is 0.476. The van der Waals surface area contributed by atoms with E-state index in [9.17, 15) is 9.59 Å². The first kappa shape index (κ1) is 21.6. The van der Waals surface area contributed by atoms with E-state index in [1.807, 2.05) is 30.5 Å². The van der Waals surface area contributed by atoms with Crippen LogP contribution in [0, 0.1) is 5.92 Å². The molecule has 0 aliphatic rings. The molecule has 2 aromatic heterocycles. The van der Waals surface area contributed by atoms with Gasteiger partial charge in [0.1, 0.15) is 5.76 Å². The van der Waals surface area contributed by atoms with Crippen LogP contribution in [0.1, 0.15) is 54.4 Å². The number of amides is 2. The molecule has 0 radical (unpaired) electrons. The molecule has 3 rings (SSSR count). The van der Waals surface area contributed by atoms with E-state index in [1.54, 1.807) is 12.1 Å². The zero-order valence-corrected chi connectivity index (χ0v) is 18.1. The van der Waals surface area contributed by atoms with Crippen LogP contribution in [0.5, 0.6) is 0 Å². The Balaban J connectivity index is 1.67. The summed E-state index contributed by atoms with van der Waals surface area (Å²) in [6.07, 6.45) is 1.83. The van der Waals surface area contributed by atoms with Crippen molar-refractivity contribution in [3.63, 3.8) is 0 Å². The maximum atomic E-state index is 12.7. The Hall–Kier alpha value is -3.06. The molecule has 2 amide bonds. The van der Waals surface area contributed by atoms with Gasteiger partial charge in [-0.25, -0.2) is 0 Å². The first-order valence-corrected chi connectivity index (χ1v) is 10.4. The minimum Gasteiger partial charge on any atom is -0.454 e. The molecule has 160 valence electrons. The Morgan fingerprint density at radius 3 is 2.43 bits per heavy atom. The second kappa shape index (κ2) is 9.63. The van der Waals surface area contributed by atoms with Crippen LogP contribution in [0.15, 0.2) is 47.0 Å². The van der Waals surface area contributed by atoms with Crippen LogP contribution >= 0.6 is 0 Å². The lowest BCUT2D eigenvalue weighted by Crippen LogP contribution is -2.41. The quantitative estimate of drug-likeness (QED) is 0.554. The summed E-state index contributed by atoms with van der Waals surface area (Å²) in [5, 5.41) is 0.851. The van der Waals surface area contributed by atoms with Gasteiger partial charge in [-0.15, -0.1) is 0 Å². The fraction of sp³-hybridized carbons (Fsp3) is 0.391. The SMILES string of the molecule is CCN(CC)Cc1ccc(C(=O)NNC(=O)c2cn(CC(C)C)c3ccccc23)o1. The molecular formula is C23H30N4O3. The topological polar surface area (TPSA) is 79.5 Å². The third kappa shape index (κ3) is 4.91. The molecule has 2 N–H and O–H groups in total. The minimum absolute atomic E-state index is 0.166. The van der Waals surface area contributed by atoms with Gasteiger partial charge in [0, 0.05) is 23.6 Å². The van der Waals surface area contributed by atoms with Crippen LogP contribution in [0.25, 0.3) is 10.9 Å². The highest BCUT2D eigenvalue weighted by molar-refractivity contribution is 6.07. The number of hydrogen-bond acceptors (Lipinski definition) is 4. The highest BCUT2D eigenvalue weighted by Crippen LogP contribution is 2.22. The van der Waals surface area contributed by atoms with Crippen molar-refractivity contribution in [2.45, 2.75) is 40.8 Å². The van der Waals surface area contributed by atoms with Crippen LogP contribution in [0.4, 0.5) is 0 Å². The number of fused-ring (bicyclic) bond motifs is 1. The Morgan fingerprint density at radius 1 is 1.03 bits per heavy atom. The lowest BCUT2D eigenvalue weighted by molar-refractivity contribution is 0.0829. The van der Waals surface area contributed by atoms with Gasteiger partial charge >= 0.3 is 5.91 Å². The highest BCUT2D eigenvalue weighted by atomic mass is 16.4. The molecule has 1 aromatic carbocycles. The number of benzene rings is 1. The van der Waals surface area contributed by atoms with Crippen molar-refractivity contribution in [1.82, 2.24) is 20.3 Å².